The van der Waals surface area contributed by atoms with Crippen molar-refractivity contribution < 1.29 is 22.3 Å². The number of hydrogen-bond acceptors (Lipinski definition) is 6. The first kappa shape index (κ1) is 17.1. The first-order valence-electron chi connectivity index (χ1n) is 7.49. The first-order valence-corrected chi connectivity index (χ1v) is 9.81. The van der Waals surface area contributed by atoms with Crippen molar-refractivity contribution in [2.75, 3.05) is 19.7 Å². The summed E-state index contributed by atoms with van der Waals surface area (Å²) in [6.45, 7) is 2.59. The second-order valence-corrected chi connectivity index (χ2v) is 8.01. The van der Waals surface area contributed by atoms with Crippen molar-refractivity contribution in [2.24, 2.45) is 0 Å². The number of thiazole rings is 1. The molecule has 1 atom stereocenters. The summed E-state index contributed by atoms with van der Waals surface area (Å²) in [5.41, 5.74) is 0. The molecule has 2 aromatic rings. The summed E-state index contributed by atoms with van der Waals surface area (Å²) in [5, 5.41) is 2.31. The molecule has 0 bridgehead atoms. The average Bonchev–Trinajstić information content (AvgIpc) is 3.22. The van der Waals surface area contributed by atoms with Crippen LogP contribution in [0.15, 0.2) is 34.7 Å². The smallest absolute Gasteiger partial charge is 0.273 e. The molecular formula is C15H17FN2O4S2. The molecule has 0 aliphatic carbocycles. The van der Waals surface area contributed by atoms with Crippen molar-refractivity contribution in [1.82, 2.24) is 9.29 Å². The Hall–Kier alpha value is -1.71. The number of benzene rings is 1. The van der Waals surface area contributed by atoms with Gasteiger partial charge in [-0.05, 0) is 31.5 Å². The van der Waals surface area contributed by atoms with Crippen LogP contribution >= 0.6 is 11.3 Å². The first-order chi connectivity index (χ1) is 11.5. The predicted octanol–water partition coefficient (Wildman–Crippen LogP) is 2.52. The molecule has 1 saturated heterocycles. The van der Waals surface area contributed by atoms with Crippen LogP contribution in [-0.4, -0.2) is 43.5 Å². The van der Waals surface area contributed by atoms with Crippen molar-refractivity contribution in [3.8, 4) is 10.9 Å². The summed E-state index contributed by atoms with van der Waals surface area (Å²) < 4.78 is 51.3. The van der Waals surface area contributed by atoms with E-state index in [-0.39, 0.29) is 23.3 Å². The van der Waals surface area contributed by atoms with E-state index in [0.717, 1.165) is 6.07 Å². The van der Waals surface area contributed by atoms with E-state index in [1.165, 1.54) is 27.8 Å². The Morgan fingerprint density at radius 1 is 1.46 bits per heavy atom. The van der Waals surface area contributed by atoms with Gasteiger partial charge in [0.05, 0.1) is 18.0 Å². The molecule has 1 unspecified atom stereocenters. The fourth-order valence-electron chi connectivity index (χ4n) is 2.49. The third-order valence-electron chi connectivity index (χ3n) is 3.63. The Balaban J connectivity index is 1.73. The fourth-order valence-corrected chi connectivity index (χ4v) is 4.54. The Morgan fingerprint density at radius 3 is 2.96 bits per heavy atom. The zero-order valence-corrected chi connectivity index (χ0v) is 14.6. The third kappa shape index (κ3) is 3.52. The van der Waals surface area contributed by atoms with Gasteiger partial charge in [0.25, 0.3) is 5.19 Å². The third-order valence-corrected chi connectivity index (χ3v) is 6.15. The van der Waals surface area contributed by atoms with E-state index in [2.05, 4.69) is 4.98 Å². The molecule has 0 N–H and O–H groups in total. The molecule has 0 saturated carbocycles. The monoisotopic (exact) mass is 372 g/mol. The molecule has 3 rings (SSSR count). The number of halogens is 1. The van der Waals surface area contributed by atoms with Crippen molar-refractivity contribution in [1.29, 1.82) is 0 Å². The Labute approximate surface area is 143 Å². The van der Waals surface area contributed by atoms with Gasteiger partial charge in [0.15, 0.2) is 11.6 Å². The summed E-state index contributed by atoms with van der Waals surface area (Å²) in [6.07, 6.45) is 1.95. The summed E-state index contributed by atoms with van der Waals surface area (Å²) in [6, 6.07) is 3.69. The van der Waals surface area contributed by atoms with Crippen LogP contribution in [0.25, 0.3) is 0 Å². The molecule has 0 spiro atoms. The van der Waals surface area contributed by atoms with E-state index in [4.69, 9.17) is 9.47 Å². The number of aromatic nitrogens is 1. The van der Waals surface area contributed by atoms with Crippen molar-refractivity contribution in [3.05, 3.63) is 35.6 Å². The van der Waals surface area contributed by atoms with Crippen LogP contribution in [0.3, 0.4) is 0 Å². The SMILES string of the molecule is CCOc1ccc(S(=O)(=O)N2CCC(Oc3nccs3)C2)cc1F. The van der Waals surface area contributed by atoms with Gasteiger partial charge in [0.2, 0.25) is 10.0 Å². The number of ether oxygens (including phenoxy) is 2. The van der Waals surface area contributed by atoms with Gasteiger partial charge in [-0.2, -0.15) is 4.31 Å². The maximum absolute atomic E-state index is 13.9. The highest BCUT2D eigenvalue weighted by molar-refractivity contribution is 7.89. The molecular weight excluding hydrogens is 355 g/mol. The van der Waals surface area contributed by atoms with Crippen LogP contribution < -0.4 is 9.47 Å². The highest BCUT2D eigenvalue weighted by Crippen LogP contribution is 2.27. The summed E-state index contributed by atoms with van der Waals surface area (Å²) in [5.74, 6) is -0.643. The molecule has 1 aromatic carbocycles. The van der Waals surface area contributed by atoms with E-state index in [1.54, 1.807) is 18.5 Å². The minimum Gasteiger partial charge on any atom is -0.491 e. The summed E-state index contributed by atoms with van der Waals surface area (Å²) in [4.78, 5) is 3.94. The Kier molecular flexibility index (Phi) is 5.02. The maximum atomic E-state index is 13.9. The van der Waals surface area contributed by atoms with E-state index in [1.807, 2.05) is 0 Å². The van der Waals surface area contributed by atoms with Gasteiger partial charge in [-0.25, -0.2) is 17.8 Å². The van der Waals surface area contributed by atoms with Gasteiger partial charge in [-0.1, -0.05) is 11.3 Å². The van der Waals surface area contributed by atoms with Gasteiger partial charge < -0.3 is 9.47 Å². The largest absolute Gasteiger partial charge is 0.491 e. The number of hydrogen-bond donors (Lipinski definition) is 0. The molecule has 130 valence electrons. The van der Waals surface area contributed by atoms with Gasteiger partial charge in [-0.3, -0.25) is 0 Å². The molecule has 1 aromatic heterocycles. The van der Waals surface area contributed by atoms with Crippen molar-refractivity contribution in [2.45, 2.75) is 24.3 Å². The van der Waals surface area contributed by atoms with Crippen LogP contribution in [0.1, 0.15) is 13.3 Å². The molecule has 6 nitrogen and oxygen atoms in total. The predicted molar refractivity (Wildman–Crippen MR) is 87.5 cm³/mol. The second kappa shape index (κ2) is 7.04. The molecule has 24 heavy (non-hydrogen) atoms. The lowest BCUT2D eigenvalue weighted by molar-refractivity contribution is 0.214. The van der Waals surface area contributed by atoms with Crippen LogP contribution in [0.4, 0.5) is 4.39 Å². The van der Waals surface area contributed by atoms with E-state index < -0.39 is 15.8 Å². The minimum atomic E-state index is -3.76. The Bertz CT molecular complexity index is 796. The number of sulfonamides is 1. The average molecular weight is 372 g/mol. The molecule has 1 fully saturated rings. The molecule has 9 heteroatoms. The minimum absolute atomic E-state index is 0.0443. The van der Waals surface area contributed by atoms with Crippen molar-refractivity contribution >= 4 is 21.4 Å². The molecule has 1 aliphatic heterocycles. The molecule has 2 heterocycles. The van der Waals surface area contributed by atoms with Gasteiger partial charge >= 0.3 is 0 Å². The normalized spacial score (nSPS) is 18.7. The Morgan fingerprint density at radius 2 is 2.29 bits per heavy atom. The standard InChI is InChI=1S/C15H17FN2O4S2/c1-2-21-14-4-3-12(9-13(14)16)24(19,20)18-7-5-11(10-18)22-15-17-6-8-23-15/h3-4,6,8-9,11H,2,5,7,10H2,1H3. The highest BCUT2D eigenvalue weighted by Gasteiger charge is 2.34. The number of nitrogens with zero attached hydrogens (tertiary/aromatic N) is 2. The van der Waals surface area contributed by atoms with Gasteiger partial charge in [0.1, 0.15) is 6.10 Å². The van der Waals surface area contributed by atoms with Crippen LogP contribution in [0.2, 0.25) is 0 Å². The van der Waals surface area contributed by atoms with E-state index in [9.17, 15) is 12.8 Å². The lowest BCUT2D eigenvalue weighted by Gasteiger charge is -2.17. The molecule has 0 radical (unpaired) electrons. The lowest BCUT2D eigenvalue weighted by atomic mass is 10.3. The van der Waals surface area contributed by atoms with Crippen LogP contribution in [0.5, 0.6) is 10.9 Å². The molecule has 1 aliphatic rings. The maximum Gasteiger partial charge on any atom is 0.273 e. The fraction of sp³-hybridized carbons (Fsp3) is 0.400. The zero-order chi connectivity index (χ0) is 17.2. The second-order valence-electron chi connectivity index (χ2n) is 5.21. The van der Waals surface area contributed by atoms with Crippen LogP contribution in [0, 0.1) is 5.82 Å². The van der Waals surface area contributed by atoms with E-state index in [0.29, 0.717) is 24.8 Å². The van der Waals surface area contributed by atoms with Gasteiger partial charge in [-0.15, -0.1) is 0 Å². The van der Waals surface area contributed by atoms with Crippen LogP contribution in [-0.2, 0) is 10.0 Å². The topological polar surface area (TPSA) is 68.7 Å². The van der Waals surface area contributed by atoms with Crippen molar-refractivity contribution in [3.63, 3.8) is 0 Å². The van der Waals surface area contributed by atoms with Gasteiger partial charge in [0, 0.05) is 18.1 Å². The summed E-state index contributed by atoms with van der Waals surface area (Å²) in [7, 11) is -3.76. The molecule has 0 amide bonds. The highest BCUT2D eigenvalue weighted by atomic mass is 32.2. The lowest BCUT2D eigenvalue weighted by Crippen LogP contribution is -2.31. The summed E-state index contributed by atoms with van der Waals surface area (Å²) >= 11 is 1.36. The number of rotatable bonds is 6. The zero-order valence-electron chi connectivity index (χ0n) is 13.0. The van der Waals surface area contributed by atoms with E-state index >= 15 is 0 Å². The quantitative estimate of drug-likeness (QED) is 0.779.